The highest BCUT2D eigenvalue weighted by Crippen LogP contribution is 2.38. The summed E-state index contributed by atoms with van der Waals surface area (Å²) in [5.41, 5.74) is 1.59. The van der Waals surface area contributed by atoms with Crippen LogP contribution in [0.5, 0.6) is 0 Å². The van der Waals surface area contributed by atoms with Crippen LogP contribution in [0.4, 0.5) is 5.00 Å². The second kappa shape index (κ2) is 12.2. The molecule has 3 heterocycles. The van der Waals surface area contributed by atoms with Crippen molar-refractivity contribution in [3.8, 4) is 0 Å². The summed E-state index contributed by atoms with van der Waals surface area (Å²) in [6.45, 7) is 8.18. The van der Waals surface area contributed by atoms with Crippen LogP contribution in [0.25, 0.3) is 0 Å². The average Bonchev–Trinajstić information content (AvgIpc) is 3.29. The van der Waals surface area contributed by atoms with Crippen molar-refractivity contribution in [1.29, 1.82) is 0 Å². The van der Waals surface area contributed by atoms with E-state index in [0.29, 0.717) is 42.4 Å². The van der Waals surface area contributed by atoms with E-state index >= 15 is 0 Å². The molecule has 1 N–H and O–H groups in total. The highest BCUT2D eigenvalue weighted by Gasteiger charge is 2.33. The Kier molecular flexibility index (Phi) is 9.10. The van der Waals surface area contributed by atoms with E-state index in [1.165, 1.54) is 47.0 Å². The van der Waals surface area contributed by atoms with Crippen LogP contribution in [-0.2, 0) is 37.3 Å². The van der Waals surface area contributed by atoms with Crippen LogP contribution in [0.3, 0.4) is 0 Å². The van der Waals surface area contributed by atoms with Gasteiger partial charge in [0.1, 0.15) is 5.00 Å². The first-order valence-electron chi connectivity index (χ1n) is 13.1. The Morgan fingerprint density at radius 1 is 1.10 bits per heavy atom. The van der Waals surface area contributed by atoms with E-state index in [0.717, 1.165) is 17.0 Å². The molecule has 0 saturated carbocycles. The molecule has 1 aromatic carbocycles. The molecule has 212 valence electrons. The summed E-state index contributed by atoms with van der Waals surface area (Å²) < 4.78 is 37.7. The third-order valence-electron chi connectivity index (χ3n) is 7.27. The summed E-state index contributed by atoms with van der Waals surface area (Å²) >= 11 is 1.38. The number of amides is 1. The van der Waals surface area contributed by atoms with E-state index < -0.39 is 21.9 Å². The van der Waals surface area contributed by atoms with Gasteiger partial charge in [-0.25, -0.2) is 13.2 Å². The monoisotopic (exact) mass is 577 g/mol. The predicted octanol–water partition coefficient (Wildman–Crippen LogP) is 3.52. The molecule has 39 heavy (non-hydrogen) atoms. The van der Waals surface area contributed by atoms with E-state index in [-0.39, 0.29) is 42.0 Å². The number of anilines is 1. The quantitative estimate of drug-likeness (QED) is 0.473. The Morgan fingerprint density at radius 3 is 2.36 bits per heavy atom. The molecule has 0 atom stereocenters. The van der Waals surface area contributed by atoms with Gasteiger partial charge in [0.2, 0.25) is 10.0 Å². The Bertz CT molecular complexity index is 1330. The molecule has 12 heteroatoms. The van der Waals surface area contributed by atoms with Gasteiger partial charge in [-0.15, -0.1) is 11.3 Å². The van der Waals surface area contributed by atoms with E-state index in [1.54, 1.807) is 6.92 Å². The number of sulfonamides is 1. The number of methoxy groups -OCH3 is 1. The lowest BCUT2D eigenvalue weighted by Gasteiger charge is -2.30. The van der Waals surface area contributed by atoms with Crippen LogP contribution < -0.4 is 5.32 Å². The van der Waals surface area contributed by atoms with E-state index in [1.807, 2.05) is 0 Å². The number of thiophene rings is 1. The highest BCUT2D eigenvalue weighted by molar-refractivity contribution is 7.89. The number of hydrogen-bond donors (Lipinski definition) is 1. The lowest BCUT2D eigenvalue weighted by molar-refractivity contribution is -0.146. The van der Waals surface area contributed by atoms with Gasteiger partial charge in [-0.05, 0) is 69.9 Å². The summed E-state index contributed by atoms with van der Waals surface area (Å²) in [5, 5.41) is 3.31. The normalized spacial score (nSPS) is 17.1. The van der Waals surface area contributed by atoms with Crippen LogP contribution >= 0.6 is 11.3 Å². The highest BCUT2D eigenvalue weighted by atomic mass is 32.2. The molecule has 4 rings (SSSR count). The van der Waals surface area contributed by atoms with E-state index in [2.05, 4.69) is 24.1 Å². The second-order valence-corrected chi connectivity index (χ2v) is 13.0. The number of esters is 2. The van der Waals surface area contributed by atoms with E-state index in [9.17, 15) is 22.8 Å². The van der Waals surface area contributed by atoms with Crippen molar-refractivity contribution in [2.24, 2.45) is 5.92 Å². The maximum Gasteiger partial charge on any atom is 0.341 e. The minimum atomic E-state index is -3.77. The van der Waals surface area contributed by atoms with Gasteiger partial charge in [0.05, 0.1) is 30.1 Å². The van der Waals surface area contributed by atoms with Crippen LogP contribution in [0.15, 0.2) is 29.2 Å². The van der Waals surface area contributed by atoms with Crippen molar-refractivity contribution in [3.05, 3.63) is 45.8 Å². The van der Waals surface area contributed by atoms with Crippen molar-refractivity contribution in [3.63, 3.8) is 0 Å². The molecular formula is C27H35N3O7S2. The van der Waals surface area contributed by atoms with Gasteiger partial charge in [-0.2, -0.15) is 4.31 Å². The number of nitrogens with zero attached hydrogens (tertiary/aromatic N) is 2. The van der Waals surface area contributed by atoms with Gasteiger partial charge in [0.15, 0.2) is 0 Å². The number of ether oxygens (including phenoxy) is 2. The van der Waals surface area contributed by atoms with Crippen LogP contribution in [0.2, 0.25) is 0 Å². The molecule has 0 spiro atoms. The Morgan fingerprint density at radius 2 is 1.77 bits per heavy atom. The number of fused-ring (bicyclic) bond motifs is 1. The lowest BCUT2D eigenvalue weighted by Crippen LogP contribution is -2.40. The molecule has 1 fully saturated rings. The molecule has 2 aliphatic heterocycles. The molecular weight excluding hydrogens is 542 g/mol. The topological polar surface area (TPSA) is 122 Å². The summed E-state index contributed by atoms with van der Waals surface area (Å²) in [6, 6.07) is 6.09. The SMILES string of the molecule is CCOC(=O)c1c(NC(=O)c2ccc(S(=O)(=O)N3CCC(C(=O)OC)CC3)cc2)sc2c1CCN(C(C)C)C2. The first kappa shape index (κ1) is 29.2. The first-order chi connectivity index (χ1) is 18.6. The molecule has 1 aromatic heterocycles. The van der Waals surface area contributed by atoms with Gasteiger partial charge in [-0.1, -0.05) is 0 Å². The molecule has 10 nitrogen and oxygen atoms in total. The van der Waals surface area contributed by atoms with Crippen molar-refractivity contribution in [2.75, 3.05) is 38.7 Å². The van der Waals surface area contributed by atoms with Gasteiger partial charge in [0, 0.05) is 42.7 Å². The fourth-order valence-corrected chi connectivity index (χ4v) is 7.70. The summed E-state index contributed by atoms with van der Waals surface area (Å²) in [4.78, 5) is 41.2. The maximum atomic E-state index is 13.2. The molecule has 0 radical (unpaired) electrons. The smallest absolute Gasteiger partial charge is 0.341 e. The molecule has 0 unspecified atom stereocenters. The van der Waals surface area contributed by atoms with Crippen molar-refractivity contribution in [1.82, 2.24) is 9.21 Å². The number of carbonyl (C=O) groups is 3. The molecule has 2 aliphatic rings. The number of piperidine rings is 1. The molecule has 2 aromatic rings. The van der Waals surface area contributed by atoms with Gasteiger partial charge < -0.3 is 14.8 Å². The first-order valence-corrected chi connectivity index (χ1v) is 15.4. The zero-order chi connectivity index (χ0) is 28.3. The zero-order valence-corrected chi connectivity index (χ0v) is 24.3. The molecule has 1 saturated heterocycles. The van der Waals surface area contributed by atoms with Crippen molar-refractivity contribution in [2.45, 2.75) is 57.5 Å². The molecule has 1 amide bonds. The van der Waals surface area contributed by atoms with Crippen LogP contribution in [0, 0.1) is 5.92 Å². The lowest BCUT2D eigenvalue weighted by atomic mass is 9.99. The fourth-order valence-electron chi connectivity index (χ4n) is 4.97. The third-order valence-corrected chi connectivity index (χ3v) is 10.3. The standard InChI is InChI=1S/C27H35N3O7S2/c1-5-37-27(33)23-21-12-13-29(17(2)3)16-22(21)38-25(23)28-24(31)18-6-8-20(9-7-18)39(34,35)30-14-10-19(11-15-30)26(32)36-4/h6-9,17,19H,5,10-16H2,1-4H3,(H,28,31). The Labute approximate surface area is 233 Å². The predicted molar refractivity (Wildman–Crippen MR) is 147 cm³/mol. The number of rotatable bonds is 8. The largest absolute Gasteiger partial charge is 0.469 e. The Balaban J connectivity index is 1.50. The number of nitrogens with one attached hydrogen (secondary N) is 1. The molecule has 0 bridgehead atoms. The van der Waals surface area contributed by atoms with Gasteiger partial charge in [-0.3, -0.25) is 14.5 Å². The fraction of sp³-hybridized carbons (Fsp3) is 0.519. The summed E-state index contributed by atoms with van der Waals surface area (Å²) in [5.74, 6) is -1.52. The van der Waals surface area contributed by atoms with Crippen molar-refractivity contribution < 1.29 is 32.3 Å². The zero-order valence-electron chi connectivity index (χ0n) is 22.7. The van der Waals surface area contributed by atoms with Crippen LogP contribution in [-0.4, -0.2) is 74.9 Å². The summed E-state index contributed by atoms with van der Waals surface area (Å²) in [7, 11) is -2.45. The summed E-state index contributed by atoms with van der Waals surface area (Å²) in [6.07, 6.45) is 1.49. The van der Waals surface area contributed by atoms with Gasteiger partial charge >= 0.3 is 11.9 Å². The van der Waals surface area contributed by atoms with Crippen molar-refractivity contribution >= 4 is 44.2 Å². The maximum absolute atomic E-state index is 13.2. The van der Waals surface area contributed by atoms with Gasteiger partial charge in [0.25, 0.3) is 5.91 Å². The minimum Gasteiger partial charge on any atom is -0.469 e. The second-order valence-electron chi connectivity index (χ2n) is 9.92. The average molecular weight is 578 g/mol. The number of benzene rings is 1. The number of hydrogen-bond acceptors (Lipinski definition) is 9. The molecule has 0 aliphatic carbocycles. The third kappa shape index (κ3) is 6.19. The minimum absolute atomic E-state index is 0.0724. The number of carbonyl (C=O) groups excluding carboxylic acids is 3. The van der Waals surface area contributed by atoms with E-state index in [4.69, 9.17) is 9.47 Å². The Hall–Kier alpha value is -2.80. The van der Waals surface area contributed by atoms with Crippen LogP contribution in [0.1, 0.15) is 64.8 Å².